The van der Waals surface area contributed by atoms with Crippen molar-refractivity contribution in [2.45, 2.75) is 58.4 Å². The van der Waals surface area contributed by atoms with Gasteiger partial charge in [-0.3, -0.25) is 9.59 Å². The number of nitrogens with zero attached hydrogens (tertiary/aromatic N) is 2. The molecule has 3 atom stereocenters. The Hall–Kier alpha value is -2.11. The molecule has 1 aromatic rings. The van der Waals surface area contributed by atoms with Crippen LogP contribution in [0.25, 0.3) is 0 Å². The highest BCUT2D eigenvalue weighted by Crippen LogP contribution is 2.29. The van der Waals surface area contributed by atoms with Gasteiger partial charge >= 0.3 is 0 Å². The predicted molar refractivity (Wildman–Crippen MR) is 113 cm³/mol. The highest BCUT2D eigenvalue weighted by molar-refractivity contribution is 5.79. The normalized spacial score (nSPS) is 25.0. The fraction of sp³-hybridized carbons (Fsp3) is 0.652. The van der Waals surface area contributed by atoms with Gasteiger partial charge in [0, 0.05) is 45.1 Å². The van der Waals surface area contributed by atoms with Crippen molar-refractivity contribution in [1.29, 1.82) is 0 Å². The van der Waals surface area contributed by atoms with Gasteiger partial charge in [0.15, 0.2) is 0 Å². The zero-order chi connectivity index (χ0) is 20.8. The number of hydrogen-bond acceptors (Lipinski definition) is 3. The van der Waals surface area contributed by atoms with E-state index in [9.17, 15) is 14.0 Å². The number of nitrogens with one attached hydrogen (secondary N) is 1. The van der Waals surface area contributed by atoms with Gasteiger partial charge in [-0.2, -0.15) is 0 Å². The lowest BCUT2D eigenvalue weighted by atomic mass is 9.78. The van der Waals surface area contributed by atoms with Gasteiger partial charge in [0.1, 0.15) is 5.82 Å². The van der Waals surface area contributed by atoms with E-state index >= 15 is 0 Å². The summed E-state index contributed by atoms with van der Waals surface area (Å²) in [6.07, 6.45) is 4.85. The molecule has 160 valence electrons. The van der Waals surface area contributed by atoms with Crippen molar-refractivity contribution in [2.24, 2.45) is 11.8 Å². The first-order valence-electron chi connectivity index (χ1n) is 11.0. The third-order valence-corrected chi connectivity index (χ3v) is 6.67. The van der Waals surface area contributed by atoms with Crippen LogP contribution in [0.1, 0.15) is 52.4 Å². The van der Waals surface area contributed by atoms with Gasteiger partial charge in [0.25, 0.3) is 0 Å². The summed E-state index contributed by atoms with van der Waals surface area (Å²) in [6.45, 7) is 6.93. The van der Waals surface area contributed by atoms with Crippen LogP contribution in [-0.4, -0.2) is 48.9 Å². The molecule has 3 rings (SSSR count). The van der Waals surface area contributed by atoms with Crippen LogP contribution in [0.4, 0.5) is 10.1 Å². The number of piperazine rings is 1. The quantitative estimate of drug-likeness (QED) is 0.790. The van der Waals surface area contributed by atoms with Crippen molar-refractivity contribution < 1.29 is 14.0 Å². The van der Waals surface area contributed by atoms with Gasteiger partial charge in [0.2, 0.25) is 11.8 Å². The molecule has 0 unspecified atom stereocenters. The molecule has 0 aromatic heterocycles. The Morgan fingerprint density at radius 2 is 1.79 bits per heavy atom. The number of rotatable bonds is 6. The van der Waals surface area contributed by atoms with Crippen LogP contribution >= 0.6 is 0 Å². The Labute approximate surface area is 173 Å². The number of benzene rings is 1. The second-order valence-corrected chi connectivity index (χ2v) is 8.61. The monoisotopic (exact) mass is 403 g/mol. The van der Waals surface area contributed by atoms with Gasteiger partial charge in [-0.1, -0.05) is 38.8 Å². The van der Waals surface area contributed by atoms with Crippen molar-refractivity contribution in [3.8, 4) is 0 Å². The maximum Gasteiger partial charge on any atom is 0.222 e. The summed E-state index contributed by atoms with van der Waals surface area (Å²) in [6, 6.07) is 7.03. The molecule has 2 fully saturated rings. The van der Waals surface area contributed by atoms with Crippen LogP contribution in [0.2, 0.25) is 0 Å². The minimum Gasteiger partial charge on any atom is -0.366 e. The first-order valence-corrected chi connectivity index (χ1v) is 11.0. The molecule has 1 saturated carbocycles. The van der Waals surface area contributed by atoms with Crippen LogP contribution in [-0.2, 0) is 9.59 Å². The maximum atomic E-state index is 13.9. The molecule has 2 amide bonds. The Kier molecular flexibility index (Phi) is 7.51. The number of amides is 2. The first-order chi connectivity index (χ1) is 14.0. The molecule has 1 heterocycles. The Balaban J connectivity index is 1.36. The van der Waals surface area contributed by atoms with Crippen LogP contribution in [0.15, 0.2) is 24.3 Å². The van der Waals surface area contributed by atoms with Crippen molar-refractivity contribution in [2.75, 3.05) is 31.1 Å². The van der Waals surface area contributed by atoms with Gasteiger partial charge < -0.3 is 15.1 Å². The highest BCUT2D eigenvalue weighted by atomic mass is 19.1. The third kappa shape index (κ3) is 5.71. The Morgan fingerprint density at radius 3 is 2.52 bits per heavy atom. The second kappa shape index (κ2) is 10.1. The molecule has 1 saturated heterocycles. The van der Waals surface area contributed by atoms with Gasteiger partial charge in [-0.05, 0) is 36.8 Å². The molecule has 0 spiro atoms. The van der Waals surface area contributed by atoms with Crippen LogP contribution in [0.5, 0.6) is 0 Å². The summed E-state index contributed by atoms with van der Waals surface area (Å²) in [7, 11) is 0. The van der Waals surface area contributed by atoms with E-state index < -0.39 is 0 Å². The topological polar surface area (TPSA) is 52.7 Å². The molecule has 29 heavy (non-hydrogen) atoms. The Morgan fingerprint density at radius 1 is 1.07 bits per heavy atom. The minimum atomic E-state index is -0.222. The smallest absolute Gasteiger partial charge is 0.222 e. The van der Waals surface area contributed by atoms with Crippen LogP contribution in [0, 0.1) is 17.7 Å². The molecule has 1 aliphatic heterocycles. The average molecular weight is 404 g/mol. The fourth-order valence-electron chi connectivity index (χ4n) is 4.53. The number of halogens is 1. The van der Waals surface area contributed by atoms with Crippen LogP contribution < -0.4 is 10.2 Å². The molecule has 2 aliphatic rings. The van der Waals surface area contributed by atoms with Crippen molar-refractivity contribution in [3.63, 3.8) is 0 Å². The minimum absolute atomic E-state index is 0.0631. The molecule has 1 aliphatic carbocycles. The van der Waals surface area contributed by atoms with E-state index in [4.69, 9.17) is 0 Å². The van der Waals surface area contributed by atoms with E-state index in [0.29, 0.717) is 63.0 Å². The van der Waals surface area contributed by atoms with E-state index in [1.807, 2.05) is 15.9 Å². The van der Waals surface area contributed by atoms with E-state index in [1.165, 1.54) is 18.9 Å². The lowest BCUT2D eigenvalue weighted by molar-refractivity contribution is -0.131. The standard InChI is InChI=1S/C23H34FN3O2/c1-17-7-5-9-20(18(17)2)25-22(28)11-6-12-23(29)27-15-13-26(14-16-27)21-10-4-3-8-19(21)24/h3-4,8,10,17-18,20H,5-7,9,11-16H2,1-2H3,(H,25,28)/t17-,18+,20-/m1/s1. The third-order valence-electron chi connectivity index (χ3n) is 6.67. The number of anilines is 1. The van der Waals surface area contributed by atoms with Gasteiger partial charge in [0.05, 0.1) is 5.69 Å². The first kappa shape index (κ1) is 21.6. The molecular formula is C23H34FN3O2. The number of para-hydroxylation sites is 1. The van der Waals surface area contributed by atoms with E-state index in [0.717, 1.165) is 6.42 Å². The summed E-state index contributed by atoms with van der Waals surface area (Å²) in [4.78, 5) is 28.6. The molecule has 6 heteroatoms. The zero-order valence-corrected chi connectivity index (χ0v) is 17.7. The second-order valence-electron chi connectivity index (χ2n) is 8.61. The van der Waals surface area contributed by atoms with Crippen molar-refractivity contribution >= 4 is 17.5 Å². The number of hydrogen-bond donors (Lipinski definition) is 1. The fourth-order valence-corrected chi connectivity index (χ4v) is 4.53. The zero-order valence-electron chi connectivity index (χ0n) is 17.7. The lowest BCUT2D eigenvalue weighted by Gasteiger charge is -2.36. The summed E-state index contributed by atoms with van der Waals surface area (Å²) < 4.78 is 13.9. The van der Waals surface area contributed by atoms with Crippen LogP contribution in [0.3, 0.4) is 0 Å². The largest absolute Gasteiger partial charge is 0.366 e. The summed E-state index contributed by atoms with van der Waals surface area (Å²) in [5.41, 5.74) is 0.600. The van der Waals surface area contributed by atoms with E-state index in [1.54, 1.807) is 12.1 Å². The predicted octanol–water partition coefficient (Wildman–Crippen LogP) is 3.59. The molecule has 1 N–H and O–H groups in total. The summed E-state index contributed by atoms with van der Waals surface area (Å²) >= 11 is 0. The average Bonchev–Trinajstić information content (AvgIpc) is 2.72. The number of carbonyl (C=O) groups excluding carboxylic acids is 2. The summed E-state index contributed by atoms with van der Waals surface area (Å²) in [5.74, 6) is 1.09. The molecule has 1 aromatic carbocycles. The Bertz CT molecular complexity index is 703. The molecule has 5 nitrogen and oxygen atoms in total. The lowest BCUT2D eigenvalue weighted by Crippen LogP contribution is -2.49. The summed E-state index contributed by atoms with van der Waals surface area (Å²) in [5, 5.41) is 3.18. The van der Waals surface area contributed by atoms with Gasteiger partial charge in [-0.25, -0.2) is 4.39 Å². The molecule has 0 radical (unpaired) electrons. The maximum absolute atomic E-state index is 13.9. The van der Waals surface area contributed by atoms with Gasteiger partial charge in [-0.15, -0.1) is 0 Å². The molecular weight excluding hydrogens is 369 g/mol. The van der Waals surface area contributed by atoms with Crippen molar-refractivity contribution in [3.05, 3.63) is 30.1 Å². The molecule has 0 bridgehead atoms. The van der Waals surface area contributed by atoms with E-state index in [2.05, 4.69) is 19.2 Å². The highest BCUT2D eigenvalue weighted by Gasteiger charge is 2.28. The van der Waals surface area contributed by atoms with E-state index in [-0.39, 0.29) is 23.7 Å². The SMILES string of the molecule is C[C@H]1[C@H](C)CCC[C@H]1NC(=O)CCCC(=O)N1CCN(c2ccccc2F)CC1. The van der Waals surface area contributed by atoms with Crippen molar-refractivity contribution in [1.82, 2.24) is 10.2 Å². The number of carbonyl (C=O) groups is 2.